The lowest BCUT2D eigenvalue weighted by Gasteiger charge is -2.13. The highest BCUT2D eigenvalue weighted by atomic mass is 32.2. The van der Waals surface area contributed by atoms with Crippen LogP contribution in [0, 0.1) is 0 Å². The molecule has 1 unspecified atom stereocenters. The number of para-hydroxylation sites is 2. The lowest BCUT2D eigenvalue weighted by molar-refractivity contribution is 0.178. The van der Waals surface area contributed by atoms with Gasteiger partial charge in [-0.1, -0.05) is 19.1 Å². The van der Waals surface area contributed by atoms with Crippen LogP contribution in [-0.2, 0) is 13.0 Å². The van der Waals surface area contributed by atoms with Crippen LogP contribution in [0.5, 0.6) is 0 Å². The Hall–Kier alpha value is -1.00. The number of fused-ring (bicyclic) bond motifs is 1. The summed E-state index contributed by atoms with van der Waals surface area (Å²) < 4.78 is 2.17. The van der Waals surface area contributed by atoms with Crippen molar-refractivity contribution in [3.8, 4) is 0 Å². The van der Waals surface area contributed by atoms with Crippen LogP contribution in [-0.4, -0.2) is 32.8 Å². The molecule has 0 radical (unpaired) electrons. The summed E-state index contributed by atoms with van der Waals surface area (Å²) in [5, 5.41) is 10.0. The Morgan fingerprint density at radius 1 is 1.39 bits per heavy atom. The zero-order valence-electron chi connectivity index (χ0n) is 11.0. The van der Waals surface area contributed by atoms with Gasteiger partial charge < -0.3 is 9.67 Å². The van der Waals surface area contributed by atoms with Gasteiger partial charge in [0.1, 0.15) is 5.82 Å². The van der Waals surface area contributed by atoms with Crippen LogP contribution in [0.15, 0.2) is 24.3 Å². The van der Waals surface area contributed by atoms with E-state index in [0.29, 0.717) is 6.54 Å². The van der Waals surface area contributed by atoms with Crippen molar-refractivity contribution in [3.63, 3.8) is 0 Å². The Kier molecular flexibility index (Phi) is 4.66. The van der Waals surface area contributed by atoms with Crippen LogP contribution in [0.3, 0.4) is 0 Å². The van der Waals surface area contributed by atoms with Gasteiger partial charge in [0.15, 0.2) is 0 Å². The van der Waals surface area contributed by atoms with E-state index in [4.69, 9.17) is 0 Å². The number of thioether (sulfide) groups is 1. The maximum absolute atomic E-state index is 10.0. The highest BCUT2D eigenvalue weighted by molar-refractivity contribution is 7.98. The van der Waals surface area contributed by atoms with E-state index in [1.165, 1.54) is 0 Å². The molecule has 0 bridgehead atoms. The fourth-order valence-electron chi connectivity index (χ4n) is 2.20. The predicted molar refractivity (Wildman–Crippen MR) is 78.1 cm³/mol. The van der Waals surface area contributed by atoms with E-state index in [1.807, 2.05) is 24.5 Å². The van der Waals surface area contributed by atoms with E-state index in [9.17, 15) is 5.11 Å². The van der Waals surface area contributed by atoms with Gasteiger partial charge in [-0.2, -0.15) is 11.8 Å². The minimum atomic E-state index is -0.312. The number of nitrogens with zero attached hydrogens (tertiary/aromatic N) is 2. The second-order valence-electron chi connectivity index (χ2n) is 4.49. The minimum absolute atomic E-state index is 0.312. The number of benzene rings is 1. The van der Waals surface area contributed by atoms with Gasteiger partial charge >= 0.3 is 0 Å². The van der Waals surface area contributed by atoms with Gasteiger partial charge in [-0.25, -0.2) is 4.98 Å². The molecule has 0 aliphatic heterocycles. The molecule has 1 heterocycles. The number of aryl methyl sites for hydroxylation is 1. The van der Waals surface area contributed by atoms with Crippen LogP contribution < -0.4 is 0 Å². The maximum Gasteiger partial charge on any atom is 0.109 e. The number of aliphatic hydroxyl groups is 1. The van der Waals surface area contributed by atoms with E-state index < -0.39 is 0 Å². The first-order chi connectivity index (χ1) is 8.76. The molecule has 1 atom stereocenters. The smallest absolute Gasteiger partial charge is 0.109 e. The first kappa shape index (κ1) is 13.4. The third-order valence-electron chi connectivity index (χ3n) is 2.96. The molecule has 0 spiro atoms. The Balaban J connectivity index is 2.35. The van der Waals surface area contributed by atoms with Crippen LogP contribution in [0.2, 0.25) is 0 Å². The van der Waals surface area contributed by atoms with Gasteiger partial charge in [0.2, 0.25) is 0 Å². The van der Waals surface area contributed by atoms with Crippen molar-refractivity contribution in [2.24, 2.45) is 0 Å². The van der Waals surface area contributed by atoms with E-state index in [-0.39, 0.29) is 6.10 Å². The fraction of sp³-hybridized carbons (Fsp3) is 0.500. The molecule has 2 rings (SSSR count). The van der Waals surface area contributed by atoms with E-state index in [2.05, 4.69) is 22.5 Å². The number of aromatic nitrogens is 2. The molecule has 2 aromatic rings. The molecular weight excluding hydrogens is 244 g/mol. The van der Waals surface area contributed by atoms with E-state index in [0.717, 1.165) is 35.5 Å². The number of imidazole rings is 1. The van der Waals surface area contributed by atoms with Crippen LogP contribution >= 0.6 is 11.8 Å². The summed E-state index contributed by atoms with van der Waals surface area (Å²) in [4.78, 5) is 4.66. The predicted octanol–water partition coefficient (Wildman–Crippen LogP) is 2.71. The van der Waals surface area contributed by atoms with E-state index >= 15 is 0 Å². The first-order valence-electron chi connectivity index (χ1n) is 6.37. The van der Waals surface area contributed by atoms with Crippen molar-refractivity contribution >= 4 is 22.8 Å². The van der Waals surface area contributed by atoms with Crippen molar-refractivity contribution in [1.29, 1.82) is 0 Å². The van der Waals surface area contributed by atoms with Crippen LogP contribution in [0.25, 0.3) is 11.0 Å². The van der Waals surface area contributed by atoms with Crippen molar-refractivity contribution in [2.45, 2.75) is 32.4 Å². The summed E-state index contributed by atoms with van der Waals surface area (Å²) in [5.74, 6) is 1.84. The van der Waals surface area contributed by atoms with Crippen molar-refractivity contribution in [3.05, 3.63) is 30.1 Å². The van der Waals surface area contributed by atoms with Crippen LogP contribution in [0.1, 0.15) is 19.2 Å². The molecule has 0 fully saturated rings. The van der Waals surface area contributed by atoms with Gasteiger partial charge in [-0.05, 0) is 24.8 Å². The Bertz CT molecular complexity index is 509. The van der Waals surface area contributed by atoms with Gasteiger partial charge in [0.05, 0.1) is 23.7 Å². The molecule has 0 saturated carbocycles. The molecule has 1 aromatic heterocycles. The number of hydrogen-bond donors (Lipinski definition) is 1. The van der Waals surface area contributed by atoms with Crippen molar-refractivity contribution in [2.75, 3.05) is 12.0 Å². The average Bonchev–Trinajstić information content (AvgIpc) is 2.69. The summed E-state index contributed by atoms with van der Waals surface area (Å²) in [6.07, 6.45) is 3.73. The second-order valence-corrected chi connectivity index (χ2v) is 5.40. The second kappa shape index (κ2) is 6.25. The molecule has 3 nitrogen and oxygen atoms in total. The molecule has 1 N–H and O–H groups in total. The molecule has 1 aromatic carbocycles. The summed E-state index contributed by atoms with van der Waals surface area (Å²) in [6, 6.07) is 8.14. The Labute approximate surface area is 112 Å². The normalized spacial score (nSPS) is 13.1. The summed E-state index contributed by atoms with van der Waals surface area (Å²) in [5.41, 5.74) is 2.15. The van der Waals surface area contributed by atoms with Crippen LogP contribution in [0.4, 0.5) is 0 Å². The molecule has 98 valence electrons. The number of rotatable bonds is 6. The zero-order chi connectivity index (χ0) is 13.0. The third kappa shape index (κ3) is 2.87. The molecule has 18 heavy (non-hydrogen) atoms. The molecule has 0 saturated heterocycles. The molecule has 4 heteroatoms. The monoisotopic (exact) mass is 264 g/mol. The van der Waals surface area contributed by atoms with Gasteiger partial charge in [-0.15, -0.1) is 0 Å². The summed E-state index contributed by atoms with van der Waals surface area (Å²) >= 11 is 1.67. The summed E-state index contributed by atoms with van der Waals surface area (Å²) in [7, 11) is 0. The highest BCUT2D eigenvalue weighted by Crippen LogP contribution is 2.18. The lowest BCUT2D eigenvalue weighted by atomic mass is 10.3. The first-order valence-corrected chi connectivity index (χ1v) is 7.76. The molecule has 0 aliphatic rings. The Morgan fingerprint density at radius 3 is 2.89 bits per heavy atom. The lowest BCUT2D eigenvalue weighted by Crippen LogP contribution is -2.20. The highest BCUT2D eigenvalue weighted by Gasteiger charge is 2.13. The average molecular weight is 264 g/mol. The quantitative estimate of drug-likeness (QED) is 0.872. The molecule has 0 amide bonds. The van der Waals surface area contributed by atoms with E-state index in [1.54, 1.807) is 11.8 Å². The van der Waals surface area contributed by atoms with Gasteiger partial charge in [-0.3, -0.25) is 0 Å². The van der Waals surface area contributed by atoms with Crippen molar-refractivity contribution in [1.82, 2.24) is 9.55 Å². The standard InChI is InChI=1S/C14H20N2OS/c1-3-6-14-15-12-7-4-5-8-13(12)16(14)9-11(17)10-18-2/h4-5,7-8,11,17H,3,6,9-10H2,1-2H3. The maximum atomic E-state index is 10.0. The SMILES string of the molecule is CCCc1nc2ccccc2n1CC(O)CSC. The molecule has 0 aliphatic carbocycles. The largest absolute Gasteiger partial charge is 0.390 e. The van der Waals surface area contributed by atoms with Gasteiger partial charge in [0.25, 0.3) is 0 Å². The molecular formula is C14H20N2OS. The third-order valence-corrected chi connectivity index (χ3v) is 3.68. The van der Waals surface area contributed by atoms with Crippen molar-refractivity contribution < 1.29 is 5.11 Å². The number of hydrogen-bond acceptors (Lipinski definition) is 3. The fourth-order valence-corrected chi connectivity index (χ4v) is 2.69. The Morgan fingerprint density at radius 2 is 2.17 bits per heavy atom. The topological polar surface area (TPSA) is 38.0 Å². The zero-order valence-corrected chi connectivity index (χ0v) is 11.8. The summed E-state index contributed by atoms with van der Waals surface area (Å²) in [6.45, 7) is 2.79. The minimum Gasteiger partial charge on any atom is -0.390 e. The number of aliphatic hydroxyl groups excluding tert-OH is 1. The van der Waals surface area contributed by atoms with Gasteiger partial charge in [0, 0.05) is 12.2 Å².